The third kappa shape index (κ3) is 5.00. The van der Waals surface area contributed by atoms with Crippen LogP contribution in [0.3, 0.4) is 0 Å². The summed E-state index contributed by atoms with van der Waals surface area (Å²) in [7, 11) is 0. The van der Waals surface area contributed by atoms with Gasteiger partial charge in [0.2, 0.25) is 5.95 Å². The summed E-state index contributed by atoms with van der Waals surface area (Å²) in [6, 6.07) is 10.8. The molecule has 1 unspecified atom stereocenters. The van der Waals surface area contributed by atoms with Crippen LogP contribution in [0.5, 0.6) is 0 Å². The molecule has 3 N–H and O–H groups in total. The fraction of sp³-hybridized carbons (Fsp3) is 0.250. The van der Waals surface area contributed by atoms with Crippen molar-refractivity contribution >= 4 is 34.0 Å². The van der Waals surface area contributed by atoms with Crippen molar-refractivity contribution in [2.24, 2.45) is 0 Å². The molecular formula is C24H22F3N7O. The van der Waals surface area contributed by atoms with Gasteiger partial charge in [0.1, 0.15) is 5.82 Å². The van der Waals surface area contributed by atoms with E-state index in [0.717, 1.165) is 28.6 Å². The van der Waals surface area contributed by atoms with Crippen LogP contribution >= 0.6 is 0 Å². The van der Waals surface area contributed by atoms with Crippen LogP contribution in [-0.4, -0.2) is 39.9 Å². The average molecular weight is 481 g/mol. The fourth-order valence-corrected chi connectivity index (χ4v) is 3.98. The highest BCUT2D eigenvalue weighted by Gasteiger charge is 2.32. The maximum atomic E-state index is 13.4. The minimum absolute atomic E-state index is 0.148. The number of rotatable bonds is 5. The van der Waals surface area contributed by atoms with Crippen LogP contribution in [0, 0.1) is 6.92 Å². The molecule has 1 aliphatic rings. The summed E-state index contributed by atoms with van der Waals surface area (Å²) < 4.78 is 45.8. The number of benzene rings is 2. The van der Waals surface area contributed by atoms with Crippen molar-refractivity contribution in [1.29, 1.82) is 0 Å². The first-order chi connectivity index (χ1) is 16.9. The fourth-order valence-electron chi connectivity index (χ4n) is 3.98. The van der Waals surface area contributed by atoms with Gasteiger partial charge in [0.15, 0.2) is 0 Å². The number of nitrogens with zero attached hydrogens (tertiary/aromatic N) is 4. The van der Waals surface area contributed by atoms with Crippen LogP contribution in [0.1, 0.15) is 22.7 Å². The zero-order valence-electron chi connectivity index (χ0n) is 18.7. The van der Waals surface area contributed by atoms with Crippen LogP contribution in [0.4, 0.5) is 36.3 Å². The molecule has 180 valence electrons. The van der Waals surface area contributed by atoms with Crippen LogP contribution in [-0.2, 0) is 10.9 Å². The van der Waals surface area contributed by atoms with E-state index in [1.807, 2.05) is 25.1 Å². The number of nitrogens with one attached hydrogen (secondary N) is 3. The van der Waals surface area contributed by atoms with Crippen molar-refractivity contribution < 1.29 is 17.9 Å². The number of hydrogen-bond donors (Lipinski definition) is 3. The normalized spacial score (nSPS) is 16.3. The van der Waals surface area contributed by atoms with Crippen LogP contribution in [0.25, 0.3) is 10.9 Å². The SMILES string of the molecule is Cc1cccc2c(Nc3ccnc(Nc4cc(C(F)(F)F)ccc4C4COCCN4)n3)cnnc12. The number of ether oxygens (including phenoxy) is 1. The highest BCUT2D eigenvalue weighted by molar-refractivity contribution is 5.93. The van der Waals surface area contributed by atoms with E-state index in [9.17, 15) is 13.2 Å². The molecule has 1 fully saturated rings. The van der Waals surface area contributed by atoms with Crippen molar-refractivity contribution in [3.8, 4) is 0 Å². The van der Waals surface area contributed by atoms with Gasteiger partial charge in [0.05, 0.1) is 42.2 Å². The number of fused-ring (bicyclic) bond motifs is 1. The Kier molecular flexibility index (Phi) is 6.18. The minimum atomic E-state index is -4.48. The van der Waals surface area contributed by atoms with Gasteiger partial charge >= 0.3 is 6.18 Å². The van der Waals surface area contributed by atoms with E-state index in [4.69, 9.17) is 4.74 Å². The molecule has 1 atom stereocenters. The van der Waals surface area contributed by atoms with Gasteiger partial charge in [-0.3, -0.25) is 0 Å². The molecule has 0 bridgehead atoms. The third-order valence-electron chi connectivity index (χ3n) is 5.71. The number of aryl methyl sites for hydroxylation is 1. The largest absolute Gasteiger partial charge is 0.416 e. The molecule has 8 nitrogen and oxygen atoms in total. The van der Waals surface area contributed by atoms with Crippen LogP contribution in [0.2, 0.25) is 0 Å². The van der Waals surface area contributed by atoms with E-state index >= 15 is 0 Å². The average Bonchev–Trinajstić information content (AvgIpc) is 2.85. The predicted molar refractivity (Wildman–Crippen MR) is 126 cm³/mol. The lowest BCUT2D eigenvalue weighted by molar-refractivity contribution is -0.137. The van der Waals surface area contributed by atoms with Crippen LogP contribution in [0.15, 0.2) is 54.9 Å². The lowest BCUT2D eigenvalue weighted by Gasteiger charge is -2.26. The van der Waals surface area contributed by atoms with Gasteiger partial charge in [0, 0.05) is 23.8 Å². The standard InChI is InChI=1S/C24H22F3N7O/c1-14-3-2-4-17-19(12-30-34-22(14)17)31-21-7-8-29-23(33-21)32-18-11-15(24(25,26)27)5-6-16(18)20-13-35-10-9-28-20/h2-8,11-12,20,28H,9-10,13H2,1H3,(H2,29,31,32,33,34). The lowest BCUT2D eigenvalue weighted by Crippen LogP contribution is -2.35. The van der Waals surface area contributed by atoms with Crippen molar-refractivity contribution in [3.05, 3.63) is 71.5 Å². The monoisotopic (exact) mass is 481 g/mol. The molecule has 35 heavy (non-hydrogen) atoms. The second-order valence-corrected chi connectivity index (χ2v) is 8.13. The molecule has 1 saturated heterocycles. The number of morpholine rings is 1. The zero-order chi connectivity index (χ0) is 24.4. The second-order valence-electron chi connectivity index (χ2n) is 8.13. The molecule has 0 amide bonds. The first kappa shape index (κ1) is 22.9. The zero-order valence-corrected chi connectivity index (χ0v) is 18.7. The Hall–Kier alpha value is -3.83. The maximum absolute atomic E-state index is 13.4. The van der Waals surface area contributed by atoms with Crippen LogP contribution < -0.4 is 16.0 Å². The molecule has 0 saturated carbocycles. The number of aromatic nitrogens is 4. The Morgan fingerprint density at radius 2 is 1.97 bits per heavy atom. The van der Waals surface area contributed by atoms with Gasteiger partial charge in [-0.15, -0.1) is 0 Å². The molecule has 2 aromatic carbocycles. The minimum Gasteiger partial charge on any atom is -0.378 e. The molecule has 4 aromatic rings. The summed E-state index contributed by atoms with van der Waals surface area (Å²) in [6.45, 7) is 3.46. The van der Waals surface area contributed by atoms with E-state index in [1.54, 1.807) is 12.3 Å². The summed E-state index contributed by atoms with van der Waals surface area (Å²) in [5.41, 5.74) is 2.58. The summed E-state index contributed by atoms with van der Waals surface area (Å²) in [4.78, 5) is 8.66. The van der Waals surface area contributed by atoms with E-state index in [2.05, 4.69) is 36.1 Å². The second kappa shape index (κ2) is 9.43. The maximum Gasteiger partial charge on any atom is 0.416 e. The van der Waals surface area contributed by atoms with Crippen molar-refractivity contribution in [1.82, 2.24) is 25.5 Å². The number of halogens is 3. The Balaban J connectivity index is 1.46. The van der Waals surface area contributed by atoms with Gasteiger partial charge in [-0.25, -0.2) is 4.98 Å². The van der Waals surface area contributed by atoms with Gasteiger partial charge in [-0.05, 0) is 36.2 Å². The molecule has 0 aliphatic carbocycles. The summed E-state index contributed by atoms with van der Waals surface area (Å²) in [5, 5.41) is 18.6. The highest BCUT2D eigenvalue weighted by Crippen LogP contribution is 2.35. The summed E-state index contributed by atoms with van der Waals surface area (Å²) >= 11 is 0. The van der Waals surface area contributed by atoms with E-state index in [0.29, 0.717) is 36.8 Å². The van der Waals surface area contributed by atoms with Crippen molar-refractivity contribution in [2.75, 3.05) is 30.4 Å². The Morgan fingerprint density at radius 3 is 2.77 bits per heavy atom. The van der Waals surface area contributed by atoms with E-state index in [-0.39, 0.29) is 17.7 Å². The Morgan fingerprint density at radius 1 is 1.09 bits per heavy atom. The Labute approximate surface area is 199 Å². The molecule has 2 aromatic heterocycles. The first-order valence-electron chi connectivity index (χ1n) is 11.0. The molecule has 0 radical (unpaired) electrons. The molecule has 5 rings (SSSR count). The number of anilines is 4. The summed E-state index contributed by atoms with van der Waals surface area (Å²) in [5.74, 6) is 0.598. The summed E-state index contributed by atoms with van der Waals surface area (Å²) in [6.07, 6.45) is -1.37. The van der Waals surface area contributed by atoms with Crippen molar-refractivity contribution in [3.63, 3.8) is 0 Å². The topological polar surface area (TPSA) is 96.9 Å². The molecule has 1 aliphatic heterocycles. The molecule has 11 heteroatoms. The van der Waals surface area contributed by atoms with Gasteiger partial charge in [-0.2, -0.15) is 28.4 Å². The predicted octanol–water partition coefficient (Wildman–Crippen LogP) is 4.90. The Bertz CT molecular complexity index is 1360. The molecule has 0 spiro atoms. The van der Waals surface area contributed by atoms with Gasteiger partial charge < -0.3 is 20.7 Å². The van der Waals surface area contributed by atoms with E-state index in [1.165, 1.54) is 12.3 Å². The first-order valence-corrected chi connectivity index (χ1v) is 11.0. The number of hydrogen-bond acceptors (Lipinski definition) is 8. The van der Waals surface area contributed by atoms with Gasteiger partial charge in [0.25, 0.3) is 0 Å². The van der Waals surface area contributed by atoms with Gasteiger partial charge in [-0.1, -0.05) is 24.3 Å². The van der Waals surface area contributed by atoms with Crippen molar-refractivity contribution in [2.45, 2.75) is 19.1 Å². The smallest absolute Gasteiger partial charge is 0.378 e. The molecule has 3 heterocycles. The highest BCUT2D eigenvalue weighted by atomic mass is 19.4. The third-order valence-corrected chi connectivity index (χ3v) is 5.71. The van der Waals surface area contributed by atoms with E-state index < -0.39 is 11.7 Å². The molecular weight excluding hydrogens is 459 g/mol. The lowest BCUT2D eigenvalue weighted by atomic mass is 10.0. The quantitative estimate of drug-likeness (QED) is 0.371. The number of alkyl halides is 3.